The van der Waals surface area contributed by atoms with Crippen LogP contribution < -0.4 is 14.8 Å². The van der Waals surface area contributed by atoms with Crippen molar-refractivity contribution in [3.63, 3.8) is 0 Å². The van der Waals surface area contributed by atoms with E-state index < -0.39 is 9.84 Å². The minimum atomic E-state index is -2.92. The fourth-order valence-corrected chi connectivity index (χ4v) is 2.20. The van der Waals surface area contributed by atoms with Gasteiger partial charge < -0.3 is 14.8 Å². The molecule has 0 amide bonds. The quantitative estimate of drug-likeness (QED) is 0.860. The van der Waals surface area contributed by atoms with Crippen LogP contribution in [0.2, 0.25) is 0 Å². The van der Waals surface area contributed by atoms with Crippen LogP contribution in [-0.4, -0.2) is 33.3 Å². The van der Waals surface area contributed by atoms with Gasteiger partial charge in [-0.2, -0.15) is 0 Å². The van der Waals surface area contributed by atoms with Crippen molar-refractivity contribution in [3.05, 3.63) is 18.2 Å². The molecule has 0 spiro atoms. The van der Waals surface area contributed by atoms with Crippen molar-refractivity contribution in [2.75, 3.05) is 30.2 Å². The van der Waals surface area contributed by atoms with Crippen molar-refractivity contribution in [1.82, 2.24) is 0 Å². The van der Waals surface area contributed by atoms with Gasteiger partial charge in [-0.25, -0.2) is 8.42 Å². The highest BCUT2D eigenvalue weighted by atomic mass is 32.2. The molecule has 0 saturated heterocycles. The second-order valence-corrected chi connectivity index (χ2v) is 6.20. The lowest BCUT2D eigenvalue weighted by Gasteiger charge is -2.07. The Kier molecular flexibility index (Phi) is 3.42. The number of anilines is 1. The first kappa shape index (κ1) is 12.0. The Morgan fingerprint density at radius 2 is 2.06 bits per heavy atom. The molecule has 1 heterocycles. The van der Waals surface area contributed by atoms with Crippen molar-refractivity contribution >= 4 is 15.5 Å². The third-order valence-electron chi connectivity index (χ3n) is 2.55. The monoisotopic (exact) mass is 257 g/mol. The topological polar surface area (TPSA) is 64.6 Å². The van der Waals surface area contributed by atoms with Gasteiger partial charge in [-0.15, -0.1) is 0 Å². The van der Waals surface area contributed by atoms with E-state index in [4.69, 9.17) is 9.47 Å². The molecule has 1 aliphatic rings. The lowest BCUT2D eigenvalue weighted by Crippen LogP contribution is -2.17. The third-order valence-corrected chi connectivity index (χ3v) is 4.26. The van der Waals surface area contributed by atoms with Crippen LogP contribution in [0.4, 0.5) is 5.69 Å². The zero-order valence-corrected chi connectivity index (χ0v) is 10.4. The van der Waals surface area contributed by atoms with Gasteiger partial charge in [0.2, 0.25) is 6.79 Å². The number of hydrogen-bond donors (Lipinski definition) is 1. The molecule has 6 heteroatoms. The summed E-state index contributed by atoms with van der Waals surface area (Å²) in [5.41, 5.74) is 0.834. The van der Waals surface area contributed by atoms with Crippen LogP contribution in [0.3, 0.4) is 0 Å². The van der Waals surface area contributed by atoms with E-state index >= 15 is 0 Å². The molecule has 0 bridgehead atoms. The Balaban J connectivity index is 1.92. The summed E-state index contributed by atoms with van der Waals surface area (Å²) in [6.45, 7) is 2.29. The second kappa shape index (κ2) is 4.83. The average Bonchev–Trinajstić information content (AvgIpc) is 2.76. The summed E-state index contributed by atoms with van der Waals surface area (Å²) >= 11 is 0. The van der Waals surface area contributed by atoms with Crippen LogP contribution in [0.15, 0.2) is 18.2 Å². The smallest absolute Gasteiger partial charge is 0.231 e. The number of benzene rings is 1. The lowest BCUT2D eigenvalue weighted by atomic mass is 10.3. The maximum Gasteiger partial charge on any atom is 0.231 e. The summed E-state index contributed by atoms with van der Waals surface area (Å²) in [5.74, 6) is 1.72. The number of rotatable bonds is 5. The van der Waals surface area contributed by atoms with Gasteiger partial charge in [-0.1, -0.05) is 6.92 Å². The Hall–Kier alpha value is -1.43. The molecule has 0 aliphatic carbocycles. The number of fused-ring (bicyclic) bond motifs is 1. The van der Waals surface area contributed by atoms with E-state index in [-0.39, 0.29) is 18.3 Å². The van der Waals surface area contributed by atoms with Crippen LogP contribution in [0, 0.1) is 0 Å². The minimum Gasteiger partial charge on any atom is -0.454 e. The summed E-state index contributed by atoms with van der Waals surface area (Å²) in [6, 6.07) is 5.45. The Labute approximate surface area is 101 Å². The molecule has 1 aliphatic heterocycles. The van der Waals surface area contributed by atoms with Crippen LogP contribution in [0.5, 0.6) is 11.5 Å². The van der Waals surface area contributed by atoms with Crippen molar-refractivity contribution in [2.24, 2.45) is 0 Å². The predicted molar refractivity (Wildman–Crippen MR) is 65.4 cm³/mol. The molecule has 0 atom stereocenters. The SMILES string of the molecule is CCS(=O)(=O)CCNc1ccc2c(c1)OCO2. The standard InChI is InChI=1S/C11H15NO4S/c1-2-17(13,14)6-5-12-9-3-4-10-11(7-9)16-8-15-10/h3-4,7,12H,2,5-6,8H2,1H3. The highest BCUT2D eigenvalue weighted by molar-refractivity contribution is 7.91. The van der Waals surface area contributed by atoms with Gasteiger partial charge in [0.1, 0.15) is 0 Å². The highest BCUT2D eigenvalue weighted by Crippen LogP contribution is 2.34. The first-order valence-electron chi connectivity index (χ1n) is 5.44. The zero-order valence-electron chi connectivity index (χ0n) is 9.60. The normalized spacial score (nSPS) is 13.7. The van der Waals surface area contributed by atoms with E-state index in [1.54, 1.807) is 19.1 Å². The first-order chi connectivity index (χ1) is 8.11. The van der Waals surface area contributed by atoms with E-state index in [0.717, 1.165) is 11.4 Å². The van der Waals surface area contributed by atoms with Gasteiger partial charge in [0, 0.05) is 24.1 Å². The maximum absolute atomic E-state index is 11.3. The summed E-state index contributed by atoms with van der Waals surface area (Å²) in [6.07, 6.45) is 0. The Morgan fingerprint density at radius 1 is 1.29 bits per heavy atom. The predicted octanol–water partition coefficient (Wildman–Crippen LogP) is 1.26. The van der Waals surface area contributed by atoms with Gasteiger partial charge >= 0.3 is 0 Å². The average molecular weight is 257 g/mol. The van der Waals surface area contributed by atoms with E-state index in [1.807, 2.05) is 6.07 Å². The molecule has 0 aromatic heterocycles. The third kappa shape index (κ3) is 3.03. The largest absolute Gasteiger partial charge is 0.454 e. The maximum atomic E-state index is 11.3. The van der Waals surface area contributed by atoms with Crippen LogP contribution in [-0.2, 0) is 9.84 Å². The number of ether oxygens (including phenoxy) is 2. The van der Waals surface area contributed by atoms with E-state index in [2.05, 4.69) is 5.32 Å². The molecule has 0 saturated carbocycles. The summed E-state index contributed by atoms with van der Waals surface area (Å²) < 4.78 is 33.0. The van der Waals surface area contributed by atoms with Gasteiger partial charge in [-0.3, -0.25) is 0 Å². The Bertz CT molecular complexity index is 498. The molecule has 1 aromatic carbocycles. The molecular weight excluding hydrogens is 242 g/mol. The van der Waals surface area contributed by atoms with Crippen LogP contribution >= 0.6 is 0 Å². The molecule has 17 heavy (non-hydrogen) atoms. The van der Waals surface area contributed by atoms with Gasteiger partial charge in [0.25, 0.3) is 0 Å². The van der Waals surface area contributed by atoms with E-state index in [0.29, 0.717) is 12.3 Å². The van der Waals surface area contributed by atoms with Crippen LogP contribution in [0.1, 0.15) is 6.92 Å². The van der Waals surface area contributed by atoms with Crippen LogP contribution in [0.25, 0.3) is 0 Å². The minimum absolute atomic E-state index is 0.137. The number of hydrogen-bond acceptors (Lipinski definition) is 5. The summed E-state index contributed by atoms with van der Waals surface area (Å²) in [4.78, 5) is 0. The molecule has 2 rings (SSSR count). The molecule has 0 fully saturated rings. The fourth-order valence-electron chi connectivity index (χ4n) is 1.50. The van der Waals surface area contributed by atoms with Gasteiger partial charge in [0.15, 0.2) is 21.3 Å². The lowest BCUT2D eigenvalue weighted by molar-refractivity contribution is 0.174. The molecule has 1 aromatic rings. The zero-order chi connectivity index (χ0) is 12.3. The summed E-state index contributed by atoms with van der Waals surface area (Å²) in [5, 5.41) is 3.05. The molecule has 94 valence electrons. The van der Waals surface area contributed by atoms with Crippen molar-refractivity contribution in [3.8, 4) is 11.5 Å². The number of sulfone groups is 1. The molecule has 0 radical (unpaired) electrons. The number of nitrogens with one attached hydrogen (secondary N) is 1. The molecule has 1 N–H and O–H groups in total. The van der Waals surface area contributed by atoms with Gasteiger partial charge in [-0.05, 0) is 12.1 Å². The first-order valence-corrected chi connectivity index (χ1v) is 7.27. The van der Waals surface area contributed by atoms with Crippen molar-refractivity contribution in [1.29, 1.82) is 0 Å². The summed E-state index contributed by atoms with van der Waals surface area (Å²) in [7, 11) is -2.92. The van der Waals surface area contributed by atoms with E-state index in [1.165, 1.54) is 0 Å². The van der Waals surface area contributed by atoms with E-state index in [9.17, 15) is 8.42 Å². The van der Waals surface area contributed by atoms with Gasteiger partial charge in [0.05, 0.1) is 5.75 Å². The van der Waals surface area contributed by atoms with Crippen molar-refractivity contribution in [2.45, 2.75) is 6.92 Å². The molecule has 0 unspecified atom stereocenters. The molecular formula is C11H15NO4S. The Morgan fingerprint density at radius 3 is 2.82 bits per heavy atom. The molecule has 5 nitrogen and oxygen atoms in total. The highest BCUT2D eigenvalue weighted by Gasteiger charge is 2.13. The fraction of sp³-hybridized carbons (Fsp3) is 0.455. The second-order valence-electron chi connectivity index (χ2n) is 3.73. The van der Waals surface area contributed by atoms with Crippen molar-refractivity contribution < 1.29 is 17.9 Å².